The summed E-state index contributed by atoms with van der Waals surface area (Å²) in [6.45, 7) is 2.88. The lowest BCUT2D eigenvalue weighted by molar-refractivity contribution is -0.679. The molecule has 6 nitrogen and oxygen atoms in total. The van der Waals surface area contributed by atoms with Crippen molar-refractivity contribution < 1.29 is 22.5 Å². The number of benzene rings is 1. The fourth-order valence-electron chi connectivity index (χ4n) is 4.18. The molecule has 2 aromatic rings. The minimum atomic E-state index is -3.73. The third-order valence-corrected chi connectivity index (χ3v) is 7.56. The van der Waals surface area contributed by atoms with E-state index >= 15 is 0 Å². The van der Waals surface area contributed by atoms with E-state index in [4.69, 9.17) is 4.74 Å². The number of ether oxygens (including phenoxy) is 1. The maximum Gasteiger partial charge on any atom is 0.267 e. The molecule has 2 rings (SSSR count). The van der Waals surface area contributed by atoms with Gasteiger partial charge in [0.25, 0.3) is 5.91 Å². The lowest BCUT2D eigenvalue weighted by Gasteiger charge is -2.19. The van der Waals surface area contributed by atoms with Gasteiger partial charge in [0.05, 0.1) is 12.9 Å². The molecule has 1 aromatic carbocycles. The average molecular weight is 518 g/mol. The van der Waals surface area contributed by atoms with E-state index in [0.717, 1.165) is 29.1 Å². The Hall–Kier alpha value is -2.41. The van der Waals surface area contributed by atoms with E-state index in [1.54, 1.807) is 34.9 Å². The molecule has 1 heterocycles. The van der Waals surface area contributed by atoms with E-state index in [-0.39, 0.29) is 6.54 Å². The standard InChI is InChI=1S/C29H45N2O4S/c1-4-5-6-7-8-9-10-11-12-13-14-17-24-35-28-21-19-26(20-22-28)29(32)31(36(3,33)34)25-27-18-15-16-23-30(27)2/h15-16,18-23H,4-14,17,24-25H2,1-3H3/q+1. The molecule has 0 aliphatic heterocycles. The third kappa shape index (κ3) is 11.1. The van der Waals surface area contributed by atoms with Gasteiger partial charge in [0, 0.05) is 17.7 Å². The average Bonchev–Trinajstić information content (AvgIpc) is 2.85. The maximum atomic E-state index is 13.0. The molecule has 0 N–H and O–H groups in total. The van der Waals surface area contributed by atoms with Gasteiger partial charge in [0.2, 0.25) is 15.7 Å². The van der Waals surface area contributed by atoms with E-state index in [9.17, 15) is 13.2 Å². The van der Waals surface area contributed by atoms with Crippen molar-refractivity contribution in [3.05, 3.63) is 59.9 Å². The van der Waals surface area contributed by atoms with Crippen LogP contribution in [0.4, 0.5) is 0 Å². The predicted octanol–water partition coefficient (Wildman–Crippen LogP) is 6.19. The summed E-state index contributed by atoms with van der Waals surface area (Å²) in [7, 11) is -1.91. The van der Waals surface area contributed by atoms with Gasteiger partial charge < -0.3 is 4.74 Å². The van der Waals surface area contributed by atoms with Crippen molar-refractivity contribution >= 4 is 15.9 Å². The fraction of sp³-hybridized carbons (Fsp3) is 0.586. The van der Waals surface area contributed by atoms with Gasteiger partial charge in [-0.05, 0) is 30.7 Å². The van der Waals surface area contributed by atoms with Gasteiger partial charge in [0.15, 0.2) is 6.20 Å². The van der Waals surface area contributed by atoms with Crippen molar-refractivity contribution in [2.24, 2.45) is 7.05 Å². The number of rotatable bonds is 18. The number of amides is 1. The van der Waals surface area contributed by atoms with Crippen LogP contribution in [0.15, 0.2) is 48.7 Å². The van der Waals surface area contributed by atoms with Crippen molar-refractivity contribution in [3.8, 4) is 5.75 Å². The van der Waals surface area contributed by atoms with Crippen molar-refractivity contribution in [3.63, 3.8) is 0 Å². The van der Waals surface area contributed by atoms with Crippen molar-refractivity contribution in [2.75, 3.05) is 12.9 Å². The molecule has 0 atom stereocenters. The van der Waals surface area contributed by atoms with Crippen molar-refractivity contribution in [2.45, 2.75) is 90.5 Å². The van der Waals surface area contributed by atoms with E-state index in [1.807, 2.05) is 25.4 Å². The third-order valence-electron chi connectivity index (χ3n) is 6.46. The van der Waals surface area contributed by atoms with Gasteiger partial charge >= 0.3 is 0 Å². The van der Waals surface area contributed by atoms with Gasteiger partial charge in [-0.2, -0.15) is 0 Å². The van der Waals surface area contributed by atoms with Gasteiger partial charge in [-0.15, -0.1) is 0 Å². The summed E-state index contributed by atoms with van der Waals surface area (Å²) >= 11 is 0. The first-order valence-electron chi connectivity index (χ1n) is 13.5. The van der Waals surface area contributed by atoms with Gasteiger partial charge in [-0.25, -0.2) is 17.3 Å². The number of aromatic nitrogens is 1. The van der Waals surface area contributed by atoms with Crippen LogP contribution in [0, 0.1) is 0 Å². The van der Waals surface area contributed by atoms with E-state index < -0.39 is 15.9 Å². The molecular formula is C29H45N2O4S+. The normalized spacial score (nSPS) is 11.4. The predicted molar refractivity (Wildman–Crippen MR) is 145 cm³/mol. The molecule has 0 fully saturated rings. The van der Waals surface area contributed by atoms with E-state index in [0.29, 0.717) is 17.9 Å². The first-order valence-corrected chi connectivity index (χ1v) is 15.4. The summed E-state index contributed by atoms with van der Waals surface area (Å²) in [6.07, 6.45) is 18.5. The van der Waals surface area contributed by atoms with Crippen LogP contribution in [-0.2, 0) is 23.6 Å². The highest BCUT2D eigenvalue weighted by Crippen LogP contribution is 2.17. The number of nitrogens with zero attached hydrogens (tertiary/aromatic N) is 2. The Balaban J connectivity index is 1.70. The number of hydrogen-bond acceptors (Lipinski definition) is 4. The molecular weight excluding hydrogens is 472 g/mol. The number of aryl methyl sites for hydroxylation is 1. The molecule has 0 radical (unpaired) electrons. The molecule has 7 heteroatoms. The van der Waals surface area contributed by atoms with Crippen LogP contribution in [0.3, 0.4) is 0 Å². The Morgan fingerprint density at radius 1 is 0.833 bits per heavy atom. The smallest absolute Gasteiger partial charge is 0.267 e. The second-order valence-electron chi connectivity index (χ2n) is 9.64. The molecule has 0 aliphatic carbocycles. The zero-order chi connectivity index (χ0) is 26.2. The molecule has 0 aliphatic rings. The van der Waals surface area contributed by atoms with Crippen molar-refractivity contribution in [1.82, 2.24) is 4.31 Å². The van der Waals surface area contributed by atoms with Crippen LogP contribution in [-0.4, -0.2) is 31.5 Å². The molecule has 0 saturated heterocycles. The summed E-state index contributed by atoms with van der Waals surface area (Å²) in [5.74, 6) is 0.142. The van der Waals surface area contributed by atoms with Crippen LogP contribution in [0.2, 0.25) is 0 Å². The number of pyridine rings is 1. The molecule has 1 amide bonds. The second-order valence-corrected chi connectivity index (χ2v) is 11.5. The highest BCUT2D eigenvalue weighted by atomic mass is 32.2. The molecule has 36 heavy (non-hydrogen) atoms. The van der Waals surface area contributed by atoms with Crippen LogP contribution in [0.25, 0.3) is 0 Å². The van der Waals surface area contributed by atoms with Gasteiger partial charge in [-0.1, -0.05) is 83.6 Å². The summed E-state index contributed by atoms with van der Waals surface area (Å²) in [5, 5.41) is 0. The molecule has 200 valence electrons. The Labute approximate surface area is 218 Å². The molecule has 0 unspecified atom stereocenters. The first-order chi connectivity index (χ1) is 17.3. The molecule has 0 saturated carbocycles. The Morgan fingerprint density at radius 2 is 1.39 bits per heavy atom. The van der Waals surface area contributed by atoms with Gasteiger partial charge in [0.1, 0.15) is 19.3 Å². The number of carbonyl (C=O) groups excluding carboxylic acids is 1. The molecule has 0 spiro atoms. The summed E-state index contributed by atoms with van der Waals surface area (Å²) in [4.78, 5) is 13.0. The number of unbranched alkanes of at least 4 members (excludes halogenated alkanes) is 11. The zero-order valence-corrected chi connectivity index (χ0v) is 23.3. The monoisotopic (exact) mass is 517 g/mol. The second kappa shape index (κ2) is 16.4. The highest BCUT2D eigenvalue weighted by Gasteiger charge is 2.27. The SMILES string of the molecule is CCCCCCCCCCCCCCOc1ccc(C(=O)N(Cc2cccc[n+]2C)S(C)(=O)=O)cc1. The topological polar surface area (TPSA) is 67.6 Å². The summed E-state index contributed by atoms with van der Waals surface area (Å²) in [6, 6.07) is 12.2. The summed E-state index contributed by atoms with van der Waals surface area (Å²) < 4.78 is 33.2. The first kappa shape index (κ1) is 29.8. The number of sulfonamides is 1. The number of carbonyl (C=O) groups is 1. The van der Waals surface area contributed by atoms with Gasteiger partial charge in [-0.3, -0.25) is 4.79 Å². The van der Waals surface area contributed by atoms with Crippen LogP contribution in [0.5, 0.6) is 5.75 Å². The largest absolute Gasteiger partial charge is 0.494 e. The lowest BCUT2D eigenvalue weighted by atomic mass is 10.1. The van der Waals surface area contributed by atoms with Crippen molar-refractivity contribution in [1.29, 1.82) is 0 Å². The highest BCUT2D eigenvalue weighted by molar-refractivity contribution is 7.88. The van der Waals surface area contributed by atoms with E-state index in [2.05, 4.69) is 6.92 Å². The Kier molecular flexibility index (Phi) is 13.5. The lowest BCUT2D eigenvalue weighted by Crippen LogP contribution is -2.41. The number of hydrogen-bond donors (Lipinski definition) is 0. The van der Waals surface area contributed by atoms with Crippen LogP contribution >= 0.6 is 0 Å². The molecule has 1 aromatic heterocycles. The Bertz CT molecular complexity index is 1010. The fourth-order valence-corrected chi connectivity index (χ4v) is 4.95. The van der Waals surface area contributed by atoms with E-state index in [1.165, 1.54) is 64.2 Å². The molecule has 0 bridgehead atoms. The minimum Gasteiger partial charge on any atom is -0.494 e. The zero-order valence-electron chi connectivity index (χ0n) is 22.5. The minimum absolute atomic E-state index is 0.0216. The summed E-state index contributed by atoms with van der Waals surface area (Å²) in [5.41, 5.74) is 1.04. The maximum absolute atomic E-state index is 13.0. The Morgan fingerprint density at radius 3 is 1.92 bits per heavy atom. The van der Waals surface area contributed by atoms with Crippen LogP contribution in [0.1, 0.15) is 100 Å². The quantitative estimate of drug-likeness (QED) is 0.175. The van der Waals surface area contributed by atoms with Crippen LogP contribution < -0.4 is 9.30 Å².